The third-order valence-electron chi connectivity index (χ3n) is 3.69. The highest BCUT2D eigenvalue weighted by Gasteiger charge is 2.26. The molecule has 0 fully saturated rings. The molecule has 1 atom stereocenters. The molecule has 0 radical (unpaired) electrons. The zero-order chi connectivity index (χ0) is 18.1. The Bertz CT molecular complexity index is 666. The molecule has 0 spiro atoms. The molecule has 1 heterocycles. The molecule has 0 aliphatic heterocycles. The summed E-state index contributed by atoms with van der Waals surface area (Å²) >= 11 is 0. The van der Waals surface area contributed by atoms with Crippen molar-refractivity contribution in [1.82, 2.24) is 10.6 Å². The van der Waals surface area contributed by atoms with E-state index in [1.165, 1.54) is 0 Å². The van der Waals surface area contributed by atoms with Crippen LogP contribution in [0.15, 0.2) is 52.1 Å². The standard InChI is InChI=1S/C19H27N3O3/c1-4-20-18(22-14-19(3,23)17-10-7-12-25-17)21-11-13-24-16-9-6-5-8-15(16)2/h5-10,12,23H,4,11,13-14H2,1-3H3,(H2,20,21,22). The number of ether oxygens (including phenoxy) is 1. The van der Waals surface area contributed by atoms with Crippen molar-refractivity contribution in [2.75, 3.05) is 26.2 Å². The molecule has 3 N–H and O–H groups in total. The van der Waals surface area contributed by atoms with Gasteiger partial charge in [0.25, 0.3) is 0 Å². The van der Waals surface area contributed by atoms with Crippen LogP contribution in [-0.2, 0) is 5.60 Å². The number of aliphatic imine (C=N–C) groups is 1. The summed E-state index contributed by atoms with van der Waals surface area (Å²) in [5.41, 5.74) is -0.0404. The summed E-state index contributed by atoms with van der Waals surface area (Å²) in [6.07, 6.45) is 1.54. The average molecular weight is 345 g/mol. The van der Waals surface area contributed by atoms with E-state index < -0.39 is 5.60 Å². The van der Waals surface area contributed by atoms with E-state index in [2.05, 4.69) is 15.6 Å². The fourth-order valence-corrected chi connectivity index (χ4v) is 2.29. The molecule has 6 nitrogen and oxygen atoms in total. The lowest BCUT2D eigenvalue weighted by Crippen LogP contribution is -2.40. The molecule has 0 aliphatic carbocycles. The van der Waals surface area contributed by atoms with Crippen molar-refractivity contribution in [3.8, 4) is 5.75 Å². The summed E-state index contributed by atoms with van der Waals surface area (Å²) in [5.74, 6) is 2.00. The molecule has 0 saturated carbocycles. The van der Waals surface area contributed by atoms with E-state index in [0.717, 1.165) is 17.9 Å². The zero-order valence-electron chi connectivity index (χ0n) is 15.1. The van der Waals surface area contributed by atoms with E-state index in [1.54, 1.807) is 25.3 Å². The Morgan fingerprint density at radius 3 is 2.72 bits per heavy atom. The molecule has 2 rings (SSSR count). The first-order chi connectivity index (χ1) is 12.0. The Labute approximate surface area is 148 Å². The Hall–Kier alpha value is -2.47. The van der Waals surface area contributed by atoms with Gasteiger partial charge in [-0.05, 0) is 44.5 Å². The van der Waals surface area contributed by atoms with E-state index >= 15 is 0 Å². The first-order valence-corrected chi connectivity index (χ1v) is 8.50. The number of rotatable bonds is 8. The van der Waals surface area contributed by atoms with Crippen LogP contribution in [0, 0.1) is 6.92 Å². The lowest BCUT2D eigenvalue weighted by molar-refractivity contribution is 0.0437. The second kappa shape index (κ2) is 9.13. The molecule has 0 amide bonds. The highest BCUT2D eigenvalue weighted by molar-refractivity contribution is 5.79. The topological polar surface area (TPSA) is 79.0 Å². The number of nitrogens with zero attached hydrogens (tertiary/aromatic N) is 1. The van der Waals surface area contributed by atoms with Crippen molar-refractivity contribution in [1.29, 1.82) is 0 Å². The van der Waals surface area contributed by atoms with Crippen LogP contribution in [0.4, 0.5) is 0 Å². The SMILES string of the molecule is CCNC(=NCC(C)(O)c1ccco1)NCCOc1ccccc1C. The monoisotopic (exact) mass is 345 g/mol. The van der Waals surface area contributed by atoms with Crippen LogP contribution in [0.25, 0.3) is 0 Å². The summed E-state index contributed by atoms with van der Waals surface area (Å²) in [7, 11) is 0. The van der Waals surface area contributed by atoms with Gasteiger partial charge in [-0.15, -0.1) is 0 Å². The number of furan rings is 1. The fourth-order valence-electron chi connectivity index (χ4n) is 2.29. The minimum atomic E-state index is -1.15. The molecule has 6 heteroatoms. The molecule has 25 heavy (non-hydrogen) atoms. The first kappa shape index (κ1) is 18.9. The maximum Gasteiger partial charge on any atom is 0.191 e. The number of nitrogens with one attached hydrogen (secondary N) is 2. The van der Waals surface area contributed by atoms with Gasteiger partial charge in [-0.25, -0.2) is 4.99 Å². The minimum Gasteiger partial charge on any atom is -0.491 e. The predicted octanol–water partition coefficient (Wildman–Crippen LogP) is 2.43. The number of guanidine groups is 1. The number of hydrogen-bond donors (Lipinski definition) is 3. The quantitative estimate of drug-likeness (QED) is 0.389. The third kappa shape index (κ3) is 5.83. The highest BCUT2D eigenvalue weighted by atomic mass is 16.5. The third-order valence-corrected chi connectivity index (χ3v) is 3.69. The maximum absolute atomic E-state index is 10.5. The van der Waals surface area contributed by atoms with Gasteiger partial charge in [-0.1, -0.05) is 18.2 Å². The number of benzene rings is 1. The average Bonchev–Trinajstić information content (AvgIpc) is 3.13. The maximum atomic E-state index is 10.5. The van der Waals surface area contributed by atoms with Gasteiger partial charge in [0.1, 0.15) is 23.7 Å². The van der Waals surface area contributed by atoms with Gasteiger partial charge in [0, 0.05) is 6.54 Å². The summed E-state index contributed by atoms with van der Waals surface area (Å²) < 4.78 is 11.0. The van der Waals surface area contributed by atoms with Gasteiger partial charge >= 0.3 is 0 Å². The lowest BCUT2D eigenvalue weighted by atomic mass is 10.0. The predicted molar refractivity (Wildman–Crippen MR) is 98.9 cm³/mol. The van der Waals surface area contributed by atoms with Crippen molar-refractivity contribution in [3.63, 3.8) is 0 Å². The van der Waals surface area contributed by atoms with Gasteiger partial charge in [0.2, 0.25) is 0 Å². The second-order valence-corrected chi connectivity index (χ2v) is 5.99. The molecule has 2 aromatic rings. The fraction of sp³-hybridized carbons (Fsp3) is 0.421. The van der Waals surface area contributed by atoms with Gasteiger partial charge in [-0.3, -0.25) is 0 Å². The zero-order valence-corrected chi connectivity index (χ0v) is 15.1. The molecule has 0 saturated heterocycles. The van der Waals surface area contributed by atoms with Crippen molar-refractivity contribution < 1.29 is 14.3 Å². The van der Waals surface area contributed by atoms with E-state index in [4.69, 9.17) is 9.15 Å². The van der Waals surface area contributed by atoms with E-state index in [-0.39, 0.29) is 6.54 Å². The largest absolute Gasteiger partial charge is 0.491 e. The Balaban J connectivity index is 1.84. The van der Waals surface area contributed by atoms with Crippen LogP contribution in [-0.4, -0.2) is 37.3 Å². The van der Waals surface area contributed by atoms with Crippen LogP contribution in [0.2, 0.25) is 0 Å². The first-order valence-electron chi connectivity index (χ1n) is 8.50. The summed E-state index contributed by atoms with van der Waals surface area (Å²) in [6, 6.07) is 11.4. The summed E-state index contributed by atoms with van der Waals surface area (Å²) in [5, 5.41) is 16.8. The number of para-hydroxylation sites is 1. The Morgan fingerprint density at radius 2 is 2.04 bits per heavy atom. The van der Waals surface area contributed by atoms with Gasteiger partial charge < -0.3 is 24.9 Å². The van der Waals surface area contributed by atoms with Crippen molar-refractivity contribution in [2.45, 2.75) is 26.4 Å². The second-order valence-electron chi connectivity index (χ2n) is 5.99. The molecule has 1 aromatic heterocycles. The molecule has 0 bridgehead atoms. The lowest BCUT2D eigenvalue weighted by Gasteiger charge is -2.19. The molecule has 0 aliphatic rings. The summed E-state index contributed by atoms with van der Waals surface area (Å²) in [4.78, 5) is 4.43. The van der Waals surface area contributed by atoms with E-state index in [9.17, 15) is 5.11 Å². The van der Waals surface area contributed by atoms with Crippen molar-refractivity contribution >= 4 is 5.96 Å². The van der Waals surface area contributed by atoms with Gasteiger partial charge in [0.05, 0.1) is 19.4 Å². The molecular weight excluding hydrogens is 318 g/mol. The van der Waals surface area contributed by atoms with E-state index in [1.807, 2.05) is 38.1 Å². The smallest absolute Gasteiger partial charge is 0.191 e. The van der Waals surface area contributed by atoms with Gasteiger partial charge in [0.15, 0.2) is 5.96 Å². The van der Waals surface area contributed by atoms with Gasteiger partial charge in [-0.2, -0.15) is 0 Å². The Kier molecular flexibility index (Phi) is 6.89. The van der Waals surface area contributed by atoms with Crippen LogP contribution < -0.4 is 15.4 Å². The molecular formula is C19H27N3O3. The number of aliphatic hydroxyl groups is 1. The normalized spacial score (nSPS) is 14.0. The van der Waals surface area contributed by atoms with E-state index in [0.29, 0.717) is 24.9 Å². The van der Waals surface area contributed by atoms with Crippen molar-refractivity contribution in [3.05, 3.63) is 54.0 Å². The number of aryl methyl sites for hydroxylation is 1. The van der Waals surface area contributed by atoms with Crippen LogP contribution in [0.5, 0.6) is 5.75 Å². The molecule has 1 unspecified atom stereocenters. The van der Waals surface area contributed by atoms with Crippen LogP contribution in [0.3, 0.4) is 0 Å². The van der Waals surface area contributed by atoms with Crippen LogP contribution in [0.1, 0.15) is 25.2 Å². The van der Waals surface area contributed by atoms with Crippen LogP contribution >= 0.6 is 0 Å². The Morgan fingerprint density at radius 1 is 1.24 bits per heavy atom. The van der Waals surface area contributed by atoms with Crippen molar-refractivity contribution in [2.24, 2.45) is 4.99 Å². The molecule has 136 valence electrons. The number of hydrogen-bond acceptors (Lipinski definition) is 4. The highest BCUT2D eigenvalue weighted by Crippen LogP contribution is 2.21. The minimum absolute atomic E-state index is 0.189. The molecule has 1 aromatic carbocycles. The summed E-state index contributed by atoms with van der Waals surface area (Å²) in [6.45, 7) is 7.73.